The first-order valence-electron chi connectivity index (χ1n) is 6.88. The van der Waals surface area contributed by atoms with Crippen molar-refractivity contribution in [2.75, 3.05) is 7.11 Å². The molecule has 1 heterocycles. The Hall–Kier alpha value is -1.88. The fraction of sp³-hybridized carbons (Fsp3) is 0.375. The molecule has 2 aromatic rings. The predicted octanol–water partition coefficient (Wildman–Crippen LogP) is 3.22. The molecule has 0 aliphatic rings. The number of carbonyl (C=O) groups excluding carboxylic acids is 2. The van der Waals surface area contributed by atoms with E-state index >= 15 is 0 Å². The van der Waals surface area contributed by atoms with E-state index in [9.17, 15) is 9.59 Å². The topological polar surface area (TPSA) is 55.4 Å². The Bertz CT molecular complexity index is 615. The Balaban J connectivity index is 2.15. The number of nitrogens with one attached hydrogen (secondary N) is 1. The molecular weight excluding hydrogens is 286 g/mol. The second-order valence-corrected chi connectivity index (χ2v) is 6.41. The molecular formula is C16H19NO3S. The van der Waals surface area contributed by atoms with Gasteiger partial charge in [-0.05, 0) is 29.9 Å². The Kier molecular flexibility index (Phi) is 4.96. The van der Waals surface area contributed by atoms with Crippen LogP contribution in [0.3, 0.4) is 0 Å². The second kappa shape index (κ2) is 6.72. The summed E-state index contributed by atoms with van der Waals surface area (Å²) in [6.07, 6.45) is 0.559. The highest BCUT2D eigenvalue weighted by atomic mass is 32.1. The molecule has 0 saturated heterocycles. The molecule has 0 radical (unpaired) electrons. The molecule has 0 saturated carbocycles. The average Bonchev–Trinajstić information content (AvgIpc) is 2.89. The van der Waals surface area contributed by atoms with E-state index in [0.717, 1.165) is 10.1 Å². The van der Waals surface area contributed by atoms with E-state index in [2.05, 4.69) is 5.32 Å². The van der Waals surface area contributed by atoms with E-state index < -0.39 is 12.0 Å². The molecule has 1 amide bonds. The zero-order chi connectivity index (χ0) is 15.4. The number of benzene rings is 1. The van der Waals surface area contributed by atoms with Crippen LogP contribution in [0.25, 0.3) is 10.1 Å². The summed E-state index contributed by atoms with van der Waals surface area (Å²) in [5.41, 5.74) is 0. The van der Waals surface area contributed by atoms with Crippen molar-refractivity contribution in [2.45, 2.75) is 26.3 Å². The molecule has 112 valence electrons. The van der Waals surface area contributed by atoms with Crippen molar-refractivity contribution in [3.63, 3.8) is 0 Å². The molecule has 0 aliphatic carbocycles. The third kappa shape index (κ3) is 3.82. The van der Waals surface area contributed by atoms with Gasteiger partial charge in [0.1, 0.15) is 6.04 Å². The summed E-state index contributed by atoms with van der Waals surface area (Å²) in [4.78, 5) is 24.7. The molecule has 0 aliphatic heterocycles. The summed E-state index contributed by atoms with van der Waals surface area (Å²) in [7, 11) is 1.33. The van der Waals surface area contributed by atoms with Crippen LogP contribution in [-0.4, -0.2) is 25.0 Å². The lowest BCUT2D eigenvalue weighted by Gasteiger charge is -2.17. The average molecular weight is 305 g/mol. The van der Waals surface area contributed by atoms with E-state index in [-0.39, 0.29) is 11.8 Å². The van der Waals surface area contributed by atoms with Gasteiger partial charge in [-0.1, -0.05) is 32.0 Å². The largest absolute Gasteiger partial charge is 0.467 e. The second-order valence-electron chi connectivity index (χ2n) is 5.33. The van der Waals surface area contributed by atoms with Gasteiger partial charge in [-0.15, -0.1) is 11.3 Å². The van der Waals surface area contributed by atoms with Crippen LogP contribution in [0.1, 0.15) is 29.9 Å². The summed E-state index contributed by atoms with van der Waals surface area (Å²) >= 11 is 1.42. The minimum Gasteiger partial charge on any atom is -0.467 e. The number of hydrogen-bond donors (Lipinski definition) is 1. The van der Waals surface area contributed by atoms with Gasteiger partial charge in [0.15, 0.2) is 0 Å². The fourth-order valence-electron chi connectivity index (χ4n) is 2.15. The highest BCUT2D eigenvalue weighted by Crippen LogP contribution is 2.25. The number of rotatable bonds is 5. The third-order valence-corrected chi connectivity index (χ3v) is 4.26. The number of esters is 1. The maximum Gasteiger partial charge on any atom is 0.328 e. The summed E-state index contributed by atoms with van der Waals surface area (Å²) in [6.45, 7) is 4.00. The maximum absolute atomic E-state index is 12.3. The third-order valence-electron chi connectivity index (χ3n) is 3.15. The van der Waals surface area contributed by atoms with Crippen molar-refractivity contribution in [2.24, 2.45) is 5.92 Å². The normalized spacial score (nSPS) is 12.4. The van der Waals surface area contributed by atoms with Gasteiger partial charge in [0.25, 0.3) is 5.91 Å². The van der Waals surface area contributed by atoms with Crippen LogP contribution in [0.5, 0.6) is 0 Å². The molecule has 0 bridgehead atoms. The van der Waals surface area contributed by atoms with Gasteiger partial charge in [-0.3, -0.25) is 4.79 Å². The fourth-order valence-corrected chi connectivity index (χ4v) is 3.12. The van der Waals surface area contributed by atoms with E-state index in [1.165, 1.54) is 18.4 Å². The van der Waals surface area contributed by atoms with E-state index in [1.807, 2.05) is 44.2 Å². The number of methoxy groups -OCH3 is 1. The van der Waals surface area contributed by atoms with Gasteiger partial charge in [0, 0.05) is 4.70 Å². The quantitative estimate of drug-likeness (QED) is 0.863. The molecule has 0 unspecified atom stereocenters. The lowest BCUT2D eigenvalue weighted by molar-refractivity contribution is -0.143. The van der Waals surface area contributed by atoms with Crippen LogP contribution in [0.2, 0.25) is 0 Å². The molecule has 0 fully saturated rings. The number of fused-ring (bicyclic) bond motifs is 1. The Morgan fingerprint density at radius 3 is 2.62 bits per heavy atom. The Morgan fingerprint density at radius 1 is 1.29 bits per heavy atom. The lowest BCUT2D eigenvalue weighted by Crippen LogP contribution is -2.42. The number of hydrogen-bond acceptors (Lipinski definition) is 4. The first-order valence-corrected chi connectivity index (χ1v) is 7.70. The van der Waals surface area contributed by atoms with Crippen LogP contribution in [0.4, 0.5) is 0 Å². The van der Waals surface area contributed by atoms with Crippen LogP contribution >= 0.6 is 11.3 Å². The summed E-state index contributed by atoms with van der Waals surface area (Å²) in [5.74, 6) is -0.345. The zero-order valence-corrected chi connectivity index (χ0v) is 13.2. The minimum atomic E-state index is -0.604. The predicted molar refractivity (Wildman–Crippen MR) is 84.6 cm³/mol. The maximum atomic E-state index is 12.3. The Labute approximate surface area is 128 Å². The van der Waals surface area contributed by atoms with Gasteiger partial charge in [-0.25, -0.2) is 4.79 Å². The molecule has 0 spiro atoms. The number of carbonyl (C=O) groups is 2. The standard InChI is InChI=1S/C16H19NO3S/c1-10(2)8-12(16(19)20-3)17-15(18)14-9-11-6-4-5-7-13(11)21-14/h4-7,9-10,12H,8H2,1-3H3,(H,17,18)/t12-/m1/s1. The molecule has 1 N–H and O–H groups in total. The van der Waals surface area contributed by atoms with Gasteiger partial charge in [-0.2, -0.15) is 0 Å². The van der Waals surface area contributed by atoms with Crippen molar-refractivity contribution in [1.82, 2.24) is 5.32 Å². The molecule has 1 aromatic heterocycles. The highest BCUT2D eigenvalue weighted by Gasteiger charge is 2.23. The van der Waals surface area contributed by atoms with Gasteiger partial charge in [0.2, 0.25) is 0 Å². The van der Waals surface area contributed by atoms with E-state index in [1.54, 1.807) is 0 Å². The van der Waals surface area contributed by atoms with Crippen molar-refractivity contribution < 1.29 is 14.3 Å². The minimum absolute atomic E-state index is 0.229. The molecule has 2 rings (SSSR count). The van der Waals surface area contributed by atoms with Gasteiger partial charge >= 0.3 is 5.97 Å². The molecule has 1 aromatic carbocycles. The Morgan fingerprint density at radius 2 is 2.00 bits per heavy atom. The molecule has 5 heteroatoms. The van der Waals surface area contributed by atoms with Crippen molar-refractivity contribution >= 4 is 33.3 Å². The smallest absolute Gasteiger partial charge is 0.328 e. The van der Waals surface area contributed by atoms with Crippen molar-refractivity contribution in [1.29, 1.82) is 0 Å². The van der Waals surface area contributed by atoms with Crippen LogP contribution in [-0.2, 0) is 9.53 Å². The van der Waals surface area contributed by atoms with Crippen molar-refractivity contribution in [3.8, 4) is 0 Å². The molecule has 4 nitrogen and oxygen atoms in total. The monoisotopic (exact) mass is 305 g/mol. The number of ether oxygens (including phenoxy) is 1. The first-order chi connectivity index (χ1) is 10.0. The van der Waals surface area contributed by atoms with E-state index in [4.69, 9.17) is 4.74 Å². The summed E-state index contributed by atoms with van der Waals surface area (Å²) in [5, 5.41) is 3.81. The number of amides is 1. The highest BCUT2D eigenvalue weighted by molar-refractivity contribution is 7.20. The summed E-state index contributed by atoms with van der Waals surface area (Å²) < 4.78 is 5.82. The molecule has 1 atom stereocenters. The lowest BCUT2D eigenvalue weighted by atomic mass is 10.0. The summed E-state index contributed by atoms with van der Waals surface area (Å²) in [6, 6.07) is 9.06. The SMILES string of the molecule is COC(=O)[C@@H](CC(C)C)NC(=O)c1cc2ccccc2s1. The van der Waals surface area contributed by atoms with Crippen LogP contribution in [0, 0.1) is 5.92 Å². The van der Waals surface area contributed by atoms with Crippen LogP contribution in [0.15, 0.2) is 30.3 Å². The van der Waals surface area contributed by atoms with E-state index in [0.29, 0.717) is 11.3 Å². The van der Waals surface area contributed by atoms with Gasteiger partial charge < -0.3 is 10.1 Å². The van der Waals surface area contributed by atoms with Crippen molar-refractivity contribution in [3.05, 3.63) is 35.2 Å². The van der Waals surface area contributed by atoms with Crippen LogP contribution < -0.4 is 5.32 Å². The first kappa shape index (κ1) is 15.5. The molecule has 21 heavy (non-hydrogen) atoms. The number of thiophene rings is 1. The van der Waals surface area contributed by atoms with Gasteiger partial charge in [0.05, 0.1) is 12.0 Å². The zero-order valence-electron chi connectivity index (χ0n) is 12.4.